The first kappa shape index (κ1) is 34.3. The summed E-state index contributed by atoms with van der Waals surface area (Å²) in [6.45, 7) is 3.46. The molecule has 13 heteroatoms. The first-order chi connectivity index (χ1) is 23.2. The maximum atomic E-state index is 13.8. The minimum absolute atomic E-state index is 0. The van der Waals surface area contributed by atoms with Crippen molar-refractivity contribution in [2.24, 2.45) is 0 Å². The van der Waals surface area contributed by atoms with Crippen molar-refractivity contribution in [2.45, 2.75) is 25.0 Å². The minimum atomic E-state index is -0.210. The molecule has 0 aliphatic carbocycles. The predicted octanol–water partition coefficient (Wildman–Crippen LogP) is 6.99. The van der Waals surface area contributed by atoms with E-state index in [4.69, 9.17) is 9.47 Å². The SMILES string of the molecule is Cl.Cl.O=C(Nc1ccc(O[C@@H]2CCNC2)c(-c2cccc(-c3nn[nH]n3)c2)c1)c1ccc(O[C@H]2CCNC2)c(-c2ccc3ccsc3c2)c1. The van der Waals surface area contributed by atoms with Crippen molar-refractivity contribution in [3.05, 3.63) is 95.9 Å². The average molecular weight is 717 g/mol. The van der Waals surface area contributed by atoms with E-state index in [9.17, 15) is 4.79 Å². The van der Waals surface area contributed by atoms with E-state index < -0.39 is 0 Å². The van der Waals surface area contributed by atoms with Crippen LogP contribution in [0.25, 0.3) is 43.7 Å². The maximum absolute atomic E-state index is 13.8. The Kier molecular flexibility index (Phi) is 10.8. The fourth-order valence-electron chi connectivity index (χ4n) is 6.19. The Morgan fingerprint density at radius 2 is 1.49 bits per heavy atom. The standard InChI is InChI=1S/C36H33N7O3S.2ClH/c44-36(26-6-8-32(45-28-10-13-37-20-28)30(17-26)24-5-4-22-12-15-47-34(22)18-24)39-27-7-9-33(46-29-11-14-38-21-29)31(19-27)23-2-1-3-25(16-23)35-40-42-43-41-35;;/h1-9,12,15-19,28-29,37-38H,10-11,13-14,20-21H2,(H,39,44)(H,40,41,42,43);2*1H/t28-,29+;;/m0../s1. The summed E-state index contributed by atoms with van der Waals surface area (Å²) < 4.78 is 14.1. The molecule has 6 aromatic rings. The summed E-state index contributed by atoms with van der Waals surface area (Å²) in [6, 6.07) is 27.9. The lowest BCUT2D eigenvalue weighted by Crippen LogP contribution is -2.20. The second-order valence-electron chi connectivity index (χ2n) is 11.8. The normalized spacial score (nSPS) is 16.9. The number of fused-ring (bicyclic) bond motifs is 1. The summed E-state index contributed by atoms with van der Waals surface area (Å²) in [5.74, 6) is 1.82. The van der Waals surface area contributed by atoms with E-state index >= 15 is 0 Å². The molecular formula is C36H35Cl2N7O3S. The number of halogens is 2. The van der Waals surface area contributed by atoms with Gasteiger partial charge in [0, 0.05) is 45.7 Å². The van der Waals surface area contributed by atoms with Gasteiger partial charge in [-0.2, -0.15) is 5.21 Å². The number of H-pyrrole nitrogens is 1. The van der Waals surface area contributed by atoms with Crippen LogP contribution in [0.5, 0.6) is 11.5 Å². The van der Waals surface area contributed by atoms with Crippen LogP contribution in [0.2, 0.25) is 0 Å². The fourth-order valence-corrected chi connectivity index (χ4v) is 7.02. The van der Waals surface area contributed by atoms with Crippen molar-refractivity contribution < 1.29 is 14.3 Å². The molecule has 2 fully saturated rings. The zero-order chi connectivity index (χ0) is 31.6. The van der Waals surface area contributed by atoms with Crippen molar-refractivity contribution >= 4 is 57.8 Å². The van der Waals surface area contributed by atoms with Crippen LogP contribution in [-0.2, 0) is 0 Å². The number of anilines is 1. The molecule has 0 bridgehead atoms. The van der Waals surface area contributed by atoms with Gasteiger partial charge in [-0.15, -0.1) is 46.3 Å². The van der Waals surface area contributed by atoms with Crippen LogP contribution >= 0.6 is 36.2 Å². The zero-order valence-electron chi connectivity index (χ0n) is 26.3. The number of ether oxygens (including phenoxy) is 2. The van der Waals surface area contributed by atoms with Crippen molar-refractivity contribution in [3.8, 4) is 45.1 Å². The number of tetrazole rings is 1. The number of aromatic nitrogens is 4. The molecule has 252 valence electrons. The van der Waals surface area contributed by atoms with Crippen LogP contribution in [-0.4, -0.2) is 64.9 Å². The van der Waals surface area contributed by atoms with E-state index in [-0.39, 0.29) is 42.9 Å². The van der Waals surface area contributed by atoms with Crippen LogP contribution in [0.1, 0.15) is 23.2 Å². The Bertz CT molecular complexity index is 2040. The highest BCUT2D eigenvalue weighted by Crippen LogP contribution is 2.37. The Labute approximate surface area is 299 Å². The monoisotopic (exact) mass is 715 g/mol. The highest BCUT2D eigenvalue weighted by atomic mass is 35.5. The Hall–Kier alpha value is -4.52. The summed E-state index contributed by atoms with van der Waals surface area (Å²) in [5.41, 5.74) is 5.71. The molecule has 0 unspecified atom stereocenters. The molecule has 2 aromatic heterocycles. The van der Waals surface area contributed by atoms with Gasteiger partial charge in [0.05, 0.1) is 0 Å². The van der Waals surface area contributed by atoms with Crippen LogP contribution in [0.3, 0.4) is 0 Å². The molecule has 2 saturated heterocycles. The highest BCUT2D eigenvalue weighted by molar-refractivity contribution is 7.17. The molecule has 4 heterocycles. The highest BCUT2D eigenvalue weighted by Gasteiger charge is 2.22. The molecule has 4 aromatic carbocycles. The third-order valence-corrected chi connectivity index (χ3v) is 9.52. The van der Waals surface area contributed by atoms with Gasteiger partial charge in [0.1, 0.15) is 23.7 Å². The zero-order valence-corrected chi connectivity index (χ0v) is 28.8. The number of hydrogen-bond acceptors (Lipinski definition) is 9. The second-order valence-corrected chi connectivity index (χ2v) is 12.8. The Balaban J connectivity index is 0.00000208. The molecular weight excluding hydrogens is 681 g/mol. The molecule has 0 saturated carbocycles. The minimum Gasteiger partial charge on any atom is -0.488 e. The van der Waals surface area contributed by atoms with Gasteiger partial charge in [0.15, 0.2) is 0 Å². The van der Waals surface area contributed by atoms with Crippen molar-refractivity contribution in [2.75, 3.05) is 31.5 Å². The smallest absolute Gasteiger partial charge is 0.255 e. The predicted molar refractivity (Wildman–Crippen MR) is 199 cm³/mol. The van der Waals surface area contributed by atoms with Gasteiger partial charge in [-0.1, -0.05) is 30.3 Å². The lowest BCUT2D eigenvalue weighted by molar-refractivity contribution is 0.102. The van der Waals surface area contributed by atoms with Crippen LogP contribution in [0, 0.1) is 0 Å². The molecule has 2 aliphatic heterocycles. The Morgan fingerprint density at radius 1 is 0.776 bits per heavy atom. The number of aromatic amines is 1. The molecule has 2 aliphatic rings. The first-order valence-electron chi connectivity index (χ1n) is 15.8. The molecule has 2 atom stereocenters. The van der Waals surface area contributed by atoms with Crippen molar-refractivity contribution in [3.63, 3.8) is 0 Å². The average Bonchev–Trinajstić information content (AvgIpc) is 3.94. The lowest BCUT2D eigenvalue weighted by Gasteiger charge is -2.19. The first-order valence-corrected chi connectivity index (χ1v) is 16.7. The van der Waals surface area contributed by atoms with Gasteiger partial charge in [0.25, 0.3) is 5.91 Å². The number of rotatable bonds is 9. The number of carbonyl (C=O) groups excluding carboxylic acids is 1. The number of benzene rings is 4. The molecule has 8 rings (SSSR count). The van der Waals surface area contributed by atoms with Gasteiger partial charge in [0.2, 0.25) is 5.82 Å². The molecule has 1 amide bonds. The van der Waals surface area contributed by atoms with Gasteiger partial charge in [-0.05, 0) is 108 Å². The Morgan fingerprint density at radius 3 is 2.20 bits per heavy atom. The van der Waals surface area contributed by atoms with Gasteiger partial charge in [-0.25, -0.2) is 0 Å². The largest absolute Gasteiger partial charge is 0.488 e. The number of nitrogens with zero attached hydrogens (tertiary/aromatic N) is 3. The van der Waals surface area contributed by atoms with E-state index in [2.05, 4.69) is 66.2 Å². The summed E-state index contributed by atoms with van der Waals surface area (Å²) in [4.78, 5) is 13.8. The molecule has 10 nitrogen and oxygen atoms in total. The van der Waals surface area contributed by atoms with E-state index in [0.29, 0.717) is 17.1 Å². The van der Waals surface area contributed by atoms with E-state index in [1.165, 1.54) is 10.1 Å². The van der Waals surface area contributed by atoms with E-state index in [1.807, 2.05) is 60.7 Å². The number of amides is 1. The number of thiophene rings is 1. The summed E-state index contributed by atoms with van der Waals surface area (Å²) in [7, 11) is 0. The molecule has 0 spiro atoms. The molecule has 49 heavy (non-hydrogen) atoms. The molecule has 4 N–H and O–H groups in total. The maximum Gasteiger partial charge on any atom is 0.255 e. The fraction of sp³-hybridized carbons (Fsp3) is 0.222. The van der Waals surface area contributed by atoms with Crippen LogP contribution in [0.15, 0.2) is 90.3 Å². The lowest BCUT2D eigenvalue weighted by atomic mass is 10.00. The number of carbonyl (C=O) groups is 1. The van der Waals surface area contributed by atoms with Crippen molar-refractivity contribution in [1.82, 2.24) is 31.3 Å². The van der Waals surface area contributed by atoms with Gasteiger partial charge < -0.3 is 25.4 Å². The van der Waals surface area contributed by atoms with Gasteiger partial charge >= 0.3 is 0 Å². The van der Waals surface area contributed by atoms with Crippen LogP contribution in [0.4, 0.5) is 5.69 Å². The quantitative estimate of drug-likeness (QED) is 0.126. The van der Waals surface area contributed by atoms with E-state index in [0.717, 1.165) is 78.3 Å². The number of hydrogen-bond donors (Lipinski definition) is 4. The van der Waals surface area contributed by atoms with E-state index in [1.54, 1.807) is 11.3 Å². The number of nitrogens with one attached hydrogen (secondary N) is 4. The van der Waals surface area contributed by atoms with Crippen molar-refractivity contribution in [1.29, 1.82) is 0 Å². The van der Waals surface area contributed by atoms with Crippen LogP contribution < -0.4 is 25.4 Å². The third kappa shape index (κ3) is 7.56. The summed E-state index contributed by atoms with van der Waals surface area (Å²) >= 11 is 1.70. The summed E-state index contributed by atoms with van der Waals surface area (Å²) in [6.07, 6.45) is 2.04. The second kappa shape index (κ2) is 15.4. The topological polar surface area (TPSA) is 126 Å². The van der Waals surface area contributed by atoms with Gasteiger partial charge in [-0.3, -0.25) is 4.79 Å². The summed E-state index contributed by atoms with van der Waals surface area (Å²) in [5, 5.41) is 27.7. The third-order valence-electron chi connectivity index (χ3n) is 8.64. The molecule has 0 radical (unpaired) electrons.